The van der Waals surface area contributed by atoms with Crippen molar-refractivity contribution in [2.75, 3.05) is 31.5 Å². The Labute approximate surface area is 105 Å². The van der Waals surface area contributed by atoms with Crippen molar-refractivity contribution in [1.82, 2.24) is 13.6 Å². The Bertz CT molecular complexity index is 322. The van der Waals surface area contributed by atoms with E-state index in [-0.39, 0.29) is 0 Å². The molecule has 0 aliphatic carbocycles. The van der Waals surface area contributed by atoms with E-state index in [2.05, 4.69) is 25.9 Å². The molecule has 0 radical (unpaired) electrons. The maximum Gasteiger partial charge on any atom is 0.186 e. The molecule has 1 saturated heterocycles. The van der Waals surface area contributed by atoms with Gasteiger partial charge in [0, 0.05) is 13.1 Å². The Hall–Kier alpha value is -0.390. The molecular weight excluding hydrogens is 244 g/mol. The lowest BCUT2D eigenvalue weighted by molar-refractivity contribution is 0.199. The predicted octanol–water partition coefficient (Wildman–Crippen LogP) is 2.34. The molecule has 1 aliphatic rings. The smallest absolute Gasteiger partial charge is 0.186 e. The van der Waals surface area contributed by atoms with E-state index in [4.69, 9.17) is 11.6 Å². The van der Waals surface area contributed by atoms with Crippen LogP contribution in [0.3, 0.4) is 0 Å². The Morgan fingerprint density at radius 3 is 2.81 bits per heavy atom. The number of piperidine rings is 1. The normalized spacial score (nSPS) is 18.9. The molecule has 1 aliphatic heterocycles. The maximum absolute atomic E-state index is 5.84. The van der Waals surface area contributed by atoms with Gasteiger partial charge in [0.05, 0.1) is 11.7 Å². The zero-order chi connectivity index (χ0) is 11.4. The predicted molar refractivity (Wildman–Crippen MR) is 68.2 cm³/mol. The van der Waals surface area contributed by atoms with Crippen molar-refractivity contribution in [3.8, 4) is 0 Å². The Morgan fingerprint density at radius 2 is 2.19 bits per heavy atom. The maximum atomic E-state index is 5.84. The van der Waals surface area contributed by atoms with Crippen LogP contribution in [0.1, 0.15) is 19.8 Å². The third kappa shape index (κ3) is 3.30. The first-order valence-electron chi connectivity index (χ1n) is 5.70. The molecule has 0 atom stereocenters. The van der Waals surface area contributed by atoms with E-state index >= 15 is 0 Å². The standard InChI is InChI=1S/C10H17ClN4S/c1-8-2-5-15(6-3-8)7-4-12-10-9(11)13-16-14-10/h8H,2-7H2,1H3,(H,12,14). The van der Waals surface area contributed by atoms with Gasteiger partial charge in [0.2, 0.25) is 0 Å². The van der Waals surface area contributed by atoms with Crippen LogP contribution in [-0.4, -0.2) is 39.8 Å². The molecule has 4 nitrogen and oxygen atoms in total. The van der Waals surface area contributed by atoms with Gasteiger partial charge in [0.15, 0.2) is 11.0 Å². The summed E-state index contributed by atoms with van der Waals surface area (Å²) in [7, 11) is 0. The summed E-state index contributed by atoms with van der Waals surface area (Å²) < 4.78 is 7.99. The average molecular weight is 261 g/mol. The van der Waals surface area contributed by atoms with Gasteiger partial charge in [-0.3, -0.25) is 0 Å². The first kappa shape index (κ1) is 12.1. The second kappa shape index (κ2) is 5.80. The SMILES string of the molecule is CC1CCN(CCNc2nsnc2Cl)CC1. The number of likely N-dealkylation sites (tertiary alicyclic amines) is 1. The molecule has 6 heteroatoms. The van der Waals surface area contributed by atoms with Crippen LogP contribution in [-0.2, 0) is 0 Å². The van der Waals surface area contributed by atoms with Crippen molar-refractivity contribution in [2.45, 2.75) is 19.8 Å². The third-order valence-electron chi connectivity index (χ3n) is 3.05. The van der Waals surface area contributed by atoms with Gasteiger partial charge in [0.25, 0.3) is 0 Å². The lowest BCUT2D eigenvalue weighted by Crippen LogP contribution is -2.36. The lowest BCUT2D eigenvalue weighted by atomic mass is 9.99. The van der Waals surface area contributed by atoms with Crippen molar-refractivity contribution in [3.63, 3.8) is 0 Å². The van der Waals surface area contributed by atoms with Gasteiger partial charge < -0.3 is 10.2 Å². The molecule has 0 bridgehead atoms. The van der Waals surface area contributed by atoms with Gasteiger partial charge in [-0.2, -0.15) is 8.75 Å². The molecule has 16 heavy (non-hydrogen) atoms. The Morgan fingerprint density at radius 1 is 1.44 bits per heavy atom. The van der Waals surface area contributed by atoms with Crippen molar-refractivity contribution in [2.24, 2.45) is 5.92 Å². The van der Waals surface area contributed by atoms with Crippen LogP contribution in [0, 0.1) is 5.92 Å². The largest absolute Gasteiger partial charge is 0.365 e. The van der Waals surface area contributed by atoms with Gasteiger partial charge in [-0.15, -0.1) is 0 Å². The van der Waals surface area contributed by atoms with Crippen molar-refractivity contribution in [1.29, 1.82) is 0 Å². The molecule has 1 fully saturated rings. The molecule has 2 heterocycles. The summed E-state index contributed by atoms with van der Waals surface area (Å²) in [5.41, 5.74) is 0. The van der Waals surface area contributed by atoms with E-state index in [1.54, 1.807) is 0 Å². The zero-order valence-electron chi connectivity index (χ0n) is 9.45. The summed E-state index contributed by atoms with van der Waals surface area (Å²) in [6.45, 7) is 6.70. The lowest BCUT2D eigenvalue weighted by Gasteiger charge is -2.30. The molecule has 2 rings (SSSR count). The quantitative estimate of drug-likeness (QED) is 0.902. The molecule has 1 aromatic heterocycles. The van der Waals surface area contributed by atoms with E-state index in [0.29, 0.717) is 5.15 Å². The number of anilines is 1. The molecule has 0 aromatic carbocycles. The molecule has 1 aromatic rings. The van der Waals surface area contributed by atoms with Crippen LogP contribution in [0.2, 0.25) is 5.15 Å². The number of halogens is 1. The minimum atomic E-state index is 0.484. The molecule has 0 saturated carbocycles. The third-order valence-corrected chi connectivity index (χ3v) is 3.94. The molecular formula is C10H17ClN4S. The summed E-state index contributed by atoms with van der Waals surface area (Å²) in [4.78, 5) is 2.49. The second-order valence-corrected chi connectivity index (χ2v) is 5.24. The Balaban J connectivity index is 1.67. The fraction of sp³-hybridized carbons (Fsp3) is 0.800. The topological polar surface area (TPSA) is 41.0 Å². The van der Waals surface area contributed by atoms with Crippen LogP contribution < -0.4 is 5.32 Å². The van der Waals surface area contributed by atoms with E-state index in [1.165, 1.54) is 25.9 Å². The summed E-state index contributed by atoms with van der Waals surface area (Å²) >= 11 is 6.99. The molecule has 0 unspecified atom stereocenters. The van der Waals surface area contributed by atoms with E-state index in [0.717, 1.165) is 36.6 Å². The van der Waals surface area contributed by atoms with Gasteiger partial charge in [-0.05, 0) is 31.8 Å². The summed E-state index contributed by atoms with van der Waals surface area (Å²) in [6, 6.07) is 0. The van der Waals surface area contributed by atoms with E-state index in [1.807, 2.05) is 0 Å². The highest BCUT2D eigenvalue weighted by Gasteiger charge is 2.15. The highest BCUT2D eigenvalue weighted by molar-refractivity contribution is 6.99. The first-order valence-corrected chi connectivity index (χ1v) is 6.81. The monoisotopic (exact) mass is 260 g/mol. The fourth-order valence-corrected chi connectivity index (χ4v) is 2.58. The number of hydrogen-bond acceptors (Lipinski definition) is 5. The summed E-state index contributed by atoms with van der Waals surface area (Å²) in [5.74, 6) is 1.61. The first-order chi connectivity index (χ1) is 7.75. The molecule has 1 N–H and O–H groups in total. The number of nitrogens with zero attached hydrogens (tertiary/aromatic N) is 3. The highest BCUT2D eigenvalue weighted by Crippen LogP contribution is 2.18. The van der Waals surface area contributed by atoms with Crippen LogP contribution in [0.4, 0.5) is 5.82 Å². The van der Waals surface area contributed by atoms with Crippen LogP contribution in [0.5, 0.6) is 0 Å². The zero-order valence-corrected chi connectivity index (χ0v) is 11.0. The average Bonchev–Trinajstić information content (AvgIpc) is 2.68. The van der Waals surface area contributed by atoms with Crippen LogP contribution in [0.15, 0.2) is 0 Å². The molecule has 0 spiro atoms. The van der Waals surface area contributed by atoms with Gasteiger partial charge in [0.1, 0.15) is 0 Å². The van der Waals surface area contributed by atoms with Gasteiger partial charge in [-0.1, -0.05) is 18.5 Å². The van der Waals surface area contributed by atoms with Crippen molar-refractivity contribution in [3.05, 3.63) is 5.15 Å². The van der Waals surface area contributed by atoms with Gasteiger partial charge >= 0.3 is 0 Å². The molecule has 90 valence electrons. The van der Waals surface area contributed by atoms with Crippen molar-refractivity contribution < 1.29 is 0 Å². The van der Waals surface area contributed by atoms with Crippen LogP contribution >= 0.6 is 23.3 Å². The summed E-state index contributed by atoms with van der Waals surface area (Å²) in [5, 5.41) is 3.70. The van der Waals surface area contributed by atoms with Gasteiger partial charge in [-0.25, -0.2) is 0 Å². The number of aromatic nitrogens is 2. The molecule has 0 amide bonds. The summed E-state index contributed by atoms with van der Waals surface area (Å²) in [6.07, 6.45) is 2.64. The second-order valence-electron chi connectivity index (χ2n) is 4.35. The van der Waals surface area contributed by atoms with E-state index in [9.17, 15) is 0 Å². The number of hydrogen-bond donors (Lipinski definition) is 1. The Kier molecular flexibility index (Phi) is 4.37. The highest BCUT2D eigenvalue weighted by atomic mass is 35.5. The fourth-order valence-electron chi connectivity index (χ4n) is 1.90. The van der Waals surface area contributed by atoms with E-state index < -0.39 is 0 Å². The number of nitrogens with one attached hydrogen (secondary N) is 1. The van der Waals surface area contributed by atoms with Crippen molar-refractivity contribution >= 4 is 29.1 Å². The van der Waals surface area contributed by atoms with Crippen LogP contribution in [0.25, 0.3) is 0 Å². The minimum absolute atomic E-state index is 0.484. The number of rotatable bonds is 4. The minimum Gasteiger partial charge on any atom is -0.365 e.